The molecule has 0 fully saturated rings. The highest BCUT2D eigenvalue weighted by Gasteiger charge is 2.03. The van der Waals surface area contributed by atoms with Gasteiger partial charge in [0.25, 0.3) is 0 Å². The second-order valence-corrected chi connectivity index (χ2v) is 5.09. The van der Waals surface area contributed by atoms with Gasteiger partial charge in [-0.1, -0.05) is 46.1 Å². The summed E-state index contributed by atoms with van der Waals surface area (Å²) in [5.74, 6) is 6.78. The lowest BCUT2D eigenvalue weighted by molar-refractivity contribution is 0.156. The van der Waals surface area contributed by atoms with Crippen LogP contribution >= 0.6 is 0 Å². The van der Waals surface area contributed by atoms with Crippen LogP contribution in [0.2, 0.25) is 0 Å². The van der Waals surface area contributed by atoms with Crippen LogP contribution in [-0.4, -0.2) is 19.2 Å². The molecule has 0 aliphatic rings. The molecule has 102 valence electrons. The number of nitrogens with one attached hydrogen (secondary N) is 1. The third kappa shape index (κ3) is 11.1. The number of rotatable bonds is 6. The van der Waals surface area contributed by atoms with Crippen molar-refractivity contribution in [2.75, 3.05) is 13.2 Å². The van der Waals surface area contributed by atoms with Gasteiger partial charge in [-0.05, 0) is 24.3 Å². The van der Waals surface area contributed by atoms with E-state index in [2.05, 4.69) is 37.6 Å². The van der Waals surface area contributed by atoms with Crippen LogP contribution in [0.3, 0.4) is 0 Å². The summed E-state index contributed by atoms with van der Waals surface area (Å²) in [5.41, 5.74) is 0.951. The van der Waals surface area contributed by atoms with Gasteiger partial charge in [0.2, 0.25) is 0 Å². The van der Waals surface area contributed by atoms with Crippen LogP contribution in [0.1, 0.15) is 40.5 Å². The Hall–Kier alpha value is -1.43. The van der Waals surface area contributed by atoms with E-state index in [-0.39, 0.29) is 6.61 Å². The van der Waals surface area contributed by atoms with E-state index >= 15 is 0 Å². The van der Waals surface area contributed by atoms with Crippen molar-refractivity contribution in [2.45, 2.75) is 40.5 Å². The molecule has 0 aliphatic heterocycles. The van der Waals surface area contributed by atoms with Gasteiger partial charge in [0.15, 0.2) is 0 Å². The maximum atomic E-state index is 11.3. The monoisotopic (exact) mass is 251 g/mol. The molecule has 0 saturated heterocycles. The summed E-state index contributed by atoms with van der Waals surface area (Å²) >= 11 is 0. The van der Waals surface area contributed by atoms with Crippen LogP contribution in [0.25, 0.3) is 0 Å². The van der Waals surface area contributed by atoms with Crippen molar-refractivity contribution in [3.63, 3.8) is 0 Å². The summed E-state index contributed by atoms with van der Waals surface area (Å²) in [5, 5.41) is 2.58. The topological polar surface area (TPSA) is 38.3 Å². The highest BCUT2D eigenvalue weighted by Crippen LogP contribution is 2.09. The number of carbonyl (C=O) groups excluding carboxylic acids is 1. The summed E-state index contributed by atoms with van der Waals surface area (Å²) in [4.78, 5) is 11.3. The van der Waals surface area contributed by atoms with E-state index in [9.17, 15) is 4.79 Å². The lowest BCUT2D eigenvalue weighted by Crippen LogP contribution is -2.25. The highest BCUT2D eigenvalue weighted by molar-refractivity contribution is 5.67. The molecule has 0 unspecified atom stereocenters. The van der Waals surface area contributed by atoms with E-state index in [1.165, 1.54) is 0 Å². The summed E-state index contributed by atoms with van der Waals surface area (Å²) < 4.78 is 5.03. The molecule has 0 radical (unpaired) electrons. The van der Waals surface area contributed by atoms with Crippen molar-refractivity contribution in [1.29, 1.82) is 0 Å². The fraction of sp³-hybridized carbons (Fsp3) is 0.667. The lowest BCUT2D eigenvalue weighted by Gasteiger charge is -2.09. The van der Waals surface area contributed by atoms with E-state index in [1.807, 2.05) is 13.8 Å². The molecule has 3 heteroatoms. The van der Waals surface area contributed by atoms with E-state index in [4.69, 9.17) is 4.74 Å². The minimum Gasteiger partial charge on any atom is -0.445 e. The Bertz CT molecular complexity index is 321. The summed E-state index contributed by atoms with van der Waals surface area (Å²) in [6.07, 6.45) is 1.54. The molecule has 18 heavy (non-hydrogen) atoms. The Morgan fingerprint density at radius 1 is 1.33 bits per heavy atom. The van der Waals surface area contributed by atoms with Gasteiger partial charge in [0, 0.05) is 5.92 Å². The smallest absolute Gasteiger partial charge is 0.408 e. The van der Waals surface area contributed by atoms with Crippen LogP contribution < -0.4 is 5.32 Å². The van der Waals surface area contributed by atoms with Crippen molar-refractivity contribution < 1.29 is 9.53 Å². The third-order valence-electron chi connectivity index (χ3n) is 2.19. The molecule has 0 atom stereocenters. The SMILES string of the molecule is C=C(CCC(C)C)COC(=O)NCC#CC(C)C. The highest BCUT2D eigenvalue weighted by atomic mass is 16.5. The number of hydrogen-bond donors (Lipinski definition) is 1. The fourth-order valence-corrected chi connectivity index (χ4v) is 1.16. The van der Waals surface area contributed by atoms with Gasteiger partial charge in [-0.15, -0.1) is 0 Å². The fourth-order valence-electron chi connectivity index (χ4n) is 1.16. The second kappa shape index (κ2) is 9.58. The Labute approximate surface area is 111 Å². The Balaban J connectivity index is 3.65. The standard InChI is InChI=1S/C15H25NO2/c1-12(2)7-6-10-16-15(17)18-11-14(5)9-8-13(3)4/h12-13H,5,8-11H2,1-4H3,(H,16,17). The van der Waals surface area contributed by atoms with Crippen LogP contribution in [-0.2, 0) is 4.74 Å². The molecule has 0 spiro atoms. The van der Waals surface area contributed by atoms with Gasteiger partial charge in [0.05, 0.1) is 6.54 Å². The molecule has 1 amide bonds. The number of amides is 1. The molecule has 1 N–H and O–H groups in total. The van der Waals surface area contributed by atoms with Gasteiger partial charge < -0.3 is 10.1 Å². The zero-order chi connectivity index (χ0) is 14.0. The predicted molar refractivity (Wildman–Crippen MR) is 75.2 cm³/mol. The normalized spacial score (nSPS) is 9.89. The maximum absolute atomic E-state index is 11.3. The number of hydrogen-bond acceptors (Lipinski definition) is 2. The van der Waals surface area contributed by atoms with E-state index in [0.29, 0.717) is 18.4 Å². The summed E-state index contributed by atoms with van der Waals surface area (Å²) in [7, 11) is 0. The van der Waals surface area contributed by atoms with E-state index < -0.39 is 6.09 Å². The second-order valence-electron chi connectivity index (χ2n) is 5.09. The molecule has 0 rings (SSSR count). The average Bonchev–Trinajstić information content (AvgIpc) is 2.29. The molecule has 0 aromatic carbocycles. The molecule has 0 saturated carbocycles. The van der Waals surface area contributed by atoms with E-state index in [0.717, 1.165) is 18.4 Å². The number of carbonyl (C=O) groups is 1. The maximum Gasteiger partial charge on any atom is 0.408 e. The molecule has 3 nitrogen and oxygen atoms in total. The van der Waals surface area contributed by atoms with Crippen LogP contribution in [0.15, 0.2) is 12.2 Å². The van der Waals surface area contributed by atoms with Crippen LogP contribution in [0.4, 0.5) is 4.79 Å². The largest absolute Gasteiger partial charge is 0.445 e. The van der Waals surface area contributed by atoms with Crippen LogP contribution in [0.5, 0.6) is 0 Å². The van der Waals surface area contributed by atoms with Gasteiger partial charge in [-0.3, -0.25) is 0 Å². The number of alkyl carbamates (subject to hydrolysis) is 1. The molecular formula is C15H25NO2. The molecule has 0 aromatic rings. The first-order chi connectivity index (χ1) is 8.41. The quantitative estimate of drug-likeness (QED) is 0.580. The molecule has 0 aliphatic carbocycles. The average molecular weight is 251 g/mol. The molecule has 0 aromatic heterocycles. The third-order valence-corrected chi connectivity index (χ3v) is 2.19. The molecule has 0 bridgehead atoms. The van der Waals surface area contributed by atoms with Crippen molar-refractivity contribution in [2.24, 2.45) is 11.8 Å². The van der Waals surface area contributed by atoms with Gasteiger partial charge >= 0.3 is 6.09 Å². The first-order valence-electron chi connectivity index (χ1n) is 6.47. The number of ether oxygens (including phenoxy) is 1. The minimum absolute atomic E-state index is 0.288. The Morgan fingerprint density at radius 2 is 2.00 bits per heavy atom. The first kappa shape index (κ1) is 16.6. The minimum atomic E-state index is -0.432. The Kier molecular flexibility index (Phi) is 8.82. The zero-order valence-electron chi connectivity index (χ0n) is 12.0. The molecule has 0 heterocycles. The lowest BCUT2D eigenvalue weighted by atomic mass is 10.0. The zero-order valence-corrected chi connectivity index (χ0v) is 12.0. The Morgan fingerprint density at radius 3 is 2.56 bits per heavy atom. The van der Waals surface area contributed by atoms with Crippen LogP contribution in [0, 0.1) is 23.7 Å². The predicted octanol–water partition coefficient (Wildman–Crippen LogP) is 3.36. The van der Waals surface area contributed by atoms with Crippen molar-refractivity contribution in [3.8, 4) is 11.8 Å². The van der Waals surface area contributed by atoms with Crippen molar-refractivity contribution in [3.05, 3.63) is 12.2 Å². The van der Waals surface area contributed by atoms with E-state index in [1.54, 1.807) is 0 Å². The summed E-state index contributed by atoms with van der Waals surface area (Å²) in [6, 6.07) is 0. The first-order valence-corrected chi connectivity index (χ1v) is 6.47. The van der Waals surface area contributed by atoms with Gasteiger partial charge in [0.1, 0.15) is 6.61 Å². The van der Waals surface area contributed by atoms with Crippen molar-refractivity contribution in [1.82, 2.24) is 5.32 Å². The molecular weight excluding hydrogens is 226 g/mol. The van der Waals surface area contributed by atoms with Gasteiger partial charge in [-0.25, -0.2) is 4.79 Å². The summed E-state index contributed by atoms with van der Waals surface area (Å²) in [6.45, 7) is 12.8. The van der Waals surface area contributed by atoms with Crippen molar-refractivity contribution >= 4 is 6.09 Å². The van der Waals surface area contributed by atoms with Gasteiger partial charge in [-0.2, -0.15) is 0 Å².